The lowest BCUT2D eigenvalue weighted by atomic mass is 9.82. The molecule has 0 aliphatic rings. The molecule has 69 heavy (non-hydrogen) atoms. The number of rotatable bonds is 21. The Morgan fingerprint density at radius 1 is 0.667 bits per heavy atom. The molecule has 0 saturated heterocycles. The number of benzene rings is 7. The second-order valence-corrected chi connectivity index (χ2v) is 20.0. The Morgan fingerprint density at radius 2 is 1.22 bits per heavy atom. The van der Waals surface area contributed by atoms with Gasteiger partial charge in [0.15, 0.2) is 0 Å². The number of ether oxygens (including phenoxy) is 1. The van der Waals surface area contributed by atoms with Crippen LogP contribution in [0.5, 0.6) is 0 Å². The van der Waals surface area contributed by atoms with Gasteiger partial charge in [-0.2, -0.15) is 0 Å². The molecule has 4 N–H and O–H groups in total. The Morgan fingerprint density at radius 3 is 1.74 bits per heavy atom. The molecule has 13 heteroatoms. The van der Waals surface area contributed by atoms with Gasteiger partial charge in [0.1, 0.15) is 0 Å². The first-order valence-electron chi connectivity index (χ1n) is 23.4. The number of sulfonamides is 1. The molecule has 1 atom stereocenters. The first-order valence-corrected chi connectivity index (χ1v) is 25.9. The molecular weight excluding hydrogens is 903 g/mol. The van der Waals surface area contributed by atoms with E-state index in [2.05, 4.69) is 152 Å². The molecule has 0 spiro atoms. The molecule has 11 nitrogen and oxygen atoms in total. The third-order valence-corrected chi connectivity index (χ3v) is 14.8. The smallest absolute Gasteiger partial charge is 0.261 e. The second-order valence-electron chi connectivity index (χ2n) is 17.3. The van der Waals surface area contributed by atoms with Gasteiger partial charge in [0.25, 0.3) is 11.3 Å². The minimum atomic E-state index is -3.69. The largest absolute Gasteiger partial charge is 0.396 e. The summed E-state index contributed by atoms with van der Waals surface area (Å²) in [4.78, 5) is 4.64. The van der Waals surface area contributed by atoms with Crippen LogP contribution in [0.25, 0.3) is 10.8 Å². The van der Waals surface area contributed by atoms with Crippen molar-refractivity contribution >= 4 is 71.9 Å². The minimum Gasteiger partial charge on any atom is -0.396 e. The van der Waals surface area contributed by atoms with Crippen molar-refractivity contribution in [1.82, 2.24) is 4.72 Å². The Balaban J connectivity index is 1.28. The Hall–Kier alpha value is -6.19. The van der Waals surface area contributed by atoms with E-state index in [0.717, 1.165) is 78.6 Å². The van der Waals surface area contributed by atoms with Gasteiger partial charge in [-0.3, -0.25) is 8.86 Å². The van der Waals surface area contributed by atoms with E-state index < -0.39 is 21.3 Å². The van der Waals surface area contributed by atoms with E-state index in [4.69, 9.17) is 4.74 Å². The molecule has 0 fully saturated rings. The quantitative estimate of drug-likeness (QED) is 0.0240. The van der Waals surface area contributed by atoms with E-state index in [1.54, 1.807) is 12.1 Å². The van der Waals surface area contributed by atoms with Gasteiger partial charge >= 0.3 is 0 Å². The minimum absolute atomic E-state index is 0.0698. The van der Waals surface area contributed by atoms with E-state index >= 15 is 0 Å². The van der Waals surface area contributed by atoms with E-state index in [1.807, 2.05) is 38.1 Å². The molecule has 0 aromatic heterocycles. The lowest BCUT2D eigenvalue weighted by Crippen LogP contribution is -2.27. The molecule has 7 aromatic carbocycles. The highest BCUT2D eigenvalue weighted by Crippen LogP contribution is 2.42. The van der Waals surface area contributed by atoms with Crippen LogP contribution in [-0.4, -0.2) is 68.8 Å². The van der Waals surface area contributed by atoms with Crippen LogP contribution < -0.4 is 24.1 Å². The third kappa shape index (κ3) is 11.3. The highest BCUT2D eigenvalue weighted by atomic mass is 32.2. The summed E-state index contributed by atoms with van der Waals surface area (Å²) in [6.07, 6.45) is 0.378. The number of anilines is 7. The van der Waals surface area contributed by atoms with Gasteiger partial charge < -0.3 is 25.0 Å². The lowest BCUT2D eigenvalue weighted by molar-refractivity contribution is 0.204. The third-order valence-electron chi connectivity index (χ3n) is 12.5. The van der Waals surface area contributed by atoms with Gasteiger partial charge in [-0.1, -0.05) is 29.8 Å². The van der Waals surface area contributed by atoms with E-state index in [0.29, 0.717) is 25.2 Å². The van der Waals surface area contributed by atoms with Crippen LogP contribution in [0.4, 0.5) is 39.8 Å². The molecule has 0 amide bonds. The molecule has 0 heterocycles. The number of hydrogen-bond acceptors (Lipinski definition) is 8. The first-order chi connectivity index (χ1) is 33.2. The van der Waals surface area contributed by atoms with Crippen LogP contribution in [0.1, 0.15) is 64.8 Å². The molecule has 360 valence electrons. The van der Waals surface area contributed by atoms with Gasteiger partial charge in [-0.25, -0.2) is 17.3 Å². The number of aliphatic hydroxyl groups excluding tert-OH is 1. The number of fused-ring (bicyclic) bond motifs is 1. The Bertz CT molecular complexity index is 3010. The predicted molar refractivity (Wildman–Crippen MR) is 286 cm³/mol. The zero-order valence-electron chi connectivity index (χ0n) is 40.8. The van der Waals surface area contributed by atoms with Crippen molar-refractivity contribution in [3.05, 3.63) is 184 Å². The van der Waals surface area contributed by atoms with Crippen LogP contribution in [-0.2, 0) is 26.0 Å². The van der Waals surface area contributed by atoms with Gasteiger partial charge in [-0.15, -0.1) is 0 Å². The number of nitrogens with zero attached hydrogens (tertiary/aromatic N) is 3. The Labute approximate surface area is 411 Å². The lowest BCUT2D eigenvalue weighted by Gasteiger charge is -2.27. The summed E-state index contributed by atoms with van der Waals surface area (Å²) >= 11 is -2.22. The topological polar surface area (TPSA) is 135 Å². The summed E-state index contributed by atoms with van der Waals surface area (Å²) < 4.78 is 57.4. The van der Waals surface area contributed by atoms with E-state index in [1.165, 1.54) is 28.1 Å². The van der Waals surface area contributed by atoms with Crippen LogP contribution >= 0.6 is 0 Å². The zero-order chi connectivity index (χ0) is 49.4. The van der Waals surface area contributed by atoms with Crippen molar-refractivity contribution in [1.29, 1.82) is 0 Å². The normalized spacial score (nSPS) is 12.0. The van der Waals surface area contributed by atoms with Crippen LogP contribution in [0.3, 0.4) is 0 Å². The van der Waals surface area contributed by atoms with Crippen LogP contribution in [0, 0.1) is 40.5 Å². The summed E-state index contributed by atoms with van der Waals surface area (Å²) in [5, 5.41) is 15.4. The highest BCUT2D eigenvalue weighted by molar-refractivity contribution is 7.89. The van der Waals surface area contributed by atoms with Crippen molar-refractivity contribution in [2.24, 2.45) is 0 Å². The summed E-state index contributed by atoms with van der Waals surface area (Å²) in [5.41, 5.74) is 15.2. The maximum Gasteiger partial charge on any atom is 0.261 e. The number of aliphatic hydroxyl groups is 1. The fourth-order valence-electron chi connectivity index (χ4n) is 9.28. The molecule has 1 unspecified atom stereocenters. The highest BCUT2D eigenvalue weighted by Gasteiger charge is 2.28. The Kier molecular flexibility index (Phi) is 16.5. The number of aryl methyl sites for hydroxylation is 5. The van der Waals surface area contributed by atoms with Crippen molar-refractivity contribution in [2.45, 2.75) is 59.8 Å². The van der Waals surface area contributed by atoms with Crippen LogP contribution in [0.2, 0.25) is 0 Å². The first kappa shape index (κ1) is 50.7. The number of methoxy groups -OCH3 is 1. The average molecular weight is 967 g/mol. The van der Waals surface area contributed by atoms with Gasteiger partial charge in [0, 0.05) is 67.7 Å². The molecule has 0 aliphatic carbocycles. The van der Waals surface area contributed by atoms with Crippen molar-refractivity contribution in [3.8, 4) is 0 Å². The van der Waals surface area contributed by atoms with Gasteiger partial charge in [0.05, 0.1) is 56.9 Å². The molecule has 0 saturated carbocycles. The average Bonchev–Trinajstić information content (AvgIpc) is 3.33. The molecule has 0 bridgehead atoms. The van der Waals surface area contributed by atoms with Crippen molar-refractivity contribution in [2.75, 3.05) is 65.9 Å². The fourth-order valence-corrected chi connectivity index (χ4v) is 11.0. The predicted octanol–water partition coefficient (Wildman–Crippen LogP) is 11.7. The molecule has 7 rings (SSSR count). The standard InChI is InChI=1S/C56H63N5O6S2/c1-9-59(53-28-24-47(36-39(53)4)61(68(63)64)31-13-32-62)45-20-16-43(17-21-45)55(51-26-27-52(50-15-12-11-14-49(50)51)58-56-41(6)34-38(3)35-42(56)7)44-18-22-46(23-19-44)60(10-2)54-29-25-48(37-40(54)5)69(65,66)57-30-33-67-8/h11-12,14-29,34-37,57-58,62H,9-10,13,30-33H2,1-8H3/p+1. The summed E-state index contributed by atoms with van der Waals surface area (Å²) in [6.45, 7) is 16.6. The van der Waals surface area contributed by atoms with E-state index in [-0.39, 0.29) is 31.2 Å². The SMILES string of the molecule is CCN(c1ccc([C+](c2ccc(N(CC)c3ccc(S(=O)(=O)NCCOC)cc3C)cc2)c2ccc(Nc3c(C)cc(C)cc3C)c3ccccc23)cc1)c1ccc(N(CCCO)S(=O)O)cc1C. The maximum absolute atomic E-state index is 13.0. The summed E-state index contributed by atoms with van der Waals surface area (Å²) in [7, 11) is -2.16. The summed E-state index contributed by atoms with van der Waals surface area (Å²) in [5.74, 6) is 1.07. The number of nitrogens with one attached hydrogen (secondary N) is 2. The maximum atomic E-state index is 13.0. The van der Waals surface area contributed by atoms with Gasteiger partial charge in [-0.05, 0) is 186 Å². The molecule has 0 radical (unpaired) electrons. The molecular formula is C56H64N5O6S2+. The molecule has 7 aromatic rings. The van der Waals surface area contributed by atoms with Crippen molar-refractivity contribution in [3.63, 3.8) is 0 Å². The molecule has 0 aliphatic heterocycles. The zero-order valence-corrected chi connectivity index (χ0v) is 42.5. The van der Waals surface area contributed by atoms with E-state index in [9.17, 15) is 22.3 Å². The monoisotopic (exact) mass is 966 g/mol. The van der Waals surface area contributed by atoms with Crippen LogP contribution in [0.15, 0.2) is 138 Å². The summed E-state index contributed by atoms with van der Waals surface area (Å²) in [6, 6.07) is 45.6. The number of hydrogen-bond donors (Lipinski definition) is 4. The second kappa shape index (κ2) is 22.5. The fraction of sp³-hybridized carbons (Fsp3) is 0.268. The van der Waals surface area contributed by atoms with Crippen molar-refractivity contribution < 1.29 is 27.0 Å². The van der Waals surface area contributed by atoms with Gasteiger partial charge in [0.2, 0.25) is 10.0 Å².